The Morgan fingerprint density at radius 3 is 2.36 bits per heavy atom. The Morgan fingerprint density at radius 1 is 0.970 bits per heavy atom. The number of anilines is 2. The van der Waals surface area contributed by atoms with Gasteiger partial charge in [0.1, 0.15) is 5.75 Å². The van der Waals surface area contributed by atoms with Gasteiger partial charge in [0.25, 0.3) is 5.91 Å². The first kappa shape index (κ1) is 22.7. The van der Waals surface area contributed by atoms with Gasteiger partial charge in [0.15, 0.2) is 11.9 Å². The molecule has 7 nitrogen and oxygen atoms in total. The number of nitrogens with zero attached hydrogens (tertiary/aromatic N) is 4. The number of carbonyl (C=O) groups is 1. The van der Waals surface area contributed by atoms with Crippen molar-refractivity contribution < 1.29 is 9.53 Å². The third-order valence-corrected chi connectivity index (χ3v) is 5.78. The van der Waals surface area contributed by atoms with Crippen molar-refractivity contribution in [2.24, 2.45) is 0 Å². The Morgan fingerprint density at radius 2 is 1.70 bits per heavy atom. The van der Waals surface area contributed by atoms with Crippen molar-refractivity contribution >= 4 is 17.4 Å². The second-order valence-corrected chi connectivity index (χ2v) is 8.72. The van der Waals surface area contributed by atoms with E-state index in [1.807, 2.05) is 62.4 Å². The Hall–Kier alpha value is -3.45. The number of hydrogen-bond acceptors (Lipinski definition) is 6. The van der Waals surface area contributed by atoms with Gasteiger partial charge in [0.2, 0.25) is 0 Å². The van der Waals surface area contributed by atoms with Crippen LogP contribution < -0.4 is 15.0 Å². The zero-order chi connectivity index (χ0) is 23.4. The molecule has 0 bridgehead atoms. The van der Waals surface area contributed by atoms with Gasteiger partial charge in [-0.2, -0.15) is 0 Å². The average molecular weight is 446 g/mol. The van der Waals surface area contributed by atoms with E-state index in [2.05, 4.69) is 38.4 Å². The van der Waals surface area contributed by atoms with E-state index in [9.17, 15) is 4.79 Å². The van der Waals surface area contributed by atoms with Crippen LogP contribution in [0.25, 0.3) is 11.3 Å². The first-order valence-corrected chi connectivity index (χ1v) is 11.3. The van der Waals surface area contributed by atoms with E-state index >= 15 is 0 Å². The zero-order valence-electron chi connectivity index (χ0n) is 19.7. The lowest BCUT2D eigenvalue weighted by Crippen LogP contribution is -2.44. The van der Waals surface area contributed by atoms with Gasteiger partial charge in [-0.25, -0.2) is 0 Å². The topological polar surface area (TPSA) is 70.6 Å². The van der Waals surface area contributed by atoms with Crippen molar-refractivity contribution in [3.8, 4) is 17.0 Å². The fourth-order valence-electron chi connectivity index (χ4n) is 3.94. The Kier molecular flexibility index (Phi) is 6.89. The van der Waals surface area contributed by atoms with Crippen LogP contribution in [0.1, 0.15) is 18.1 Å². The molecule has 33 heavy (non-hydrogen) atoms. The molecule has 1 aromatic heterocycles. The van der Waals surface area contributed by atoms with Gasteiger partial charge in [-0.1, -0.05) is 18.2 Å². The second kappa shape index (κ2) is 10.0. The summed E-state index contributed by atoms with van der Waals surface area (Å²) in [5.41, 5.74) is 4.56. The fourth-order valence-corrected chi connectivity index (χ4v) is 3.94. The number of nitrogens with one attached hydrogen (secondary N) is 1. The molecule has 1 unspecified atom stereocenters. The van der Waals surface area contributed by atoms with Crippen LogP contribution in [0.5, 0.6) is 5.75 Å². The van der Waals surface area contributed by atoms with Crippen LogP contribution in [0.3, 0.4) is 0 Å². The van der Waals surface area contributed by atoms with Crippen LogP contribution in [0.4, 0.5) is 11.5 Å². The number of piperazine rings is 1. The van der Waals surface area contributed by atoms with E-state index in [1.165, 1.54) is 0 Å². The lowest BCUT2D eigenvalue weighted by molar-refractivity contribution is -0.122. The molecule has 3 aromatic rings. The lowest BCUT2D eigenvalue weighted by atomic mass is 10.1. The largest absolute Gasteiger partial charge is 0.481 e. The summed E-state index contributed by atoms with van der Waals surface area (Å²) in [6.45, 7) is 9.73. The van der Waals surface area contributed by atoms with E-state index in [-0.39, 0.29) is 5.91 Å². The van der Waals surface area contributed by atoms with Gasteiger partial charge in [0, 0.05) is 37.4 Å². The highest BCUT2D eigenvalue weighted by atomic mass is 16.5. The molecule has 1 amide bonds. The summed E-state index contributed by atoms with van der Waals surface area (Å²) in [6.07, 6.45) is -0.627. The number of likely N-dealkylation sites (N-methyl/N-ethyl adjacent to an activating group) is 1. The molecule has 2 heterocycles. The predicted octanol–water partition coefficient (Wildman–Crippen LogP) is 3.92. The summed E-state index contributed by atoms with van der Waals surface area (Å²) in [4.78, 5) is 17.3. The SMILES string of the molecule is Cc1cc(C)cc(OC(C)C(=O)Nc2cccc(-c3ccc(N4CCN(C)CC4)nn3)c2)c1. The molecule has 0 aliphatic carbocycles. The number of hydrogen-bond donors (Lipinski definition) is 1. The number of aryl methyl sites for hydroxylation is 2. The lowest BCUT2D eigenvalue weighted by Gasteiger charge is -2.32. The normalized spacial score (nSPS) is 15.2. The first-order valence-electron chi connectivity index (χ1n) is 11.3. The fraction of sp³-hybridized carbons (Fsp3) is 0.346. The molecule has 1 N–H and O–H groups in total. The molecule has 7 heteroatoms. The highest BCUT2D eigenvalue weighted by Gasteiger charge is 2.17. The van der Waals surface area contributed by atoms with Gasteiger partial charge in [-0.15, -0.1) is 10.2 Å². The van der Waals surface area contributed by atoms with Gasteiger partial charge < -0.3 is 19.9 Å². The highest BCUT2D eigenvalue weighted by Crippen LogP contribution is 2.23. The molecule has 4 rings (SSSR count). The Bertz CT molecular complexity index is 1090. The van der Waals surface area contributed by atoms with Crippen molar-refractivity contribution in [2.45, 2.75) is 26.9 Å². The molecule has 1 aliphatic heterocycles. The molecule has 1 aliphatic rings. The third kappa shape index (κ3) is 5.87. The summed E-state index contributed by atoms with van der Waals surface area (Å²) >= 11 is 0. The molecule has 1 saturated heterocycles. The van der Waals surface area contributed by atoms with E-state index < -0.39 is 6.10 Å². The number of rotatable bonds is 6. The van der Waals surface area contributed by atoms with E-state index in [4.69, 9.17) is 4.74 Å². The number of carbonyl (C=O) groups excluding carboxylic acids is 1. The maximum absolute atomic E-state index is 12.7. The number of amides is 1. The van der Waals surface area contributed by atoms with E-state index in [1.54, 1.807) is 6.92 Å². The summed E-state index contributed by atoms with van der Waals surface area (Å²) in [7, 11) is 2.13. The van der Waals surface area contributed by atoms with Crippen LogP contribution in [-0.2, 0) is 4.79 Å². The standard InChI is InChI=1S/C26H31N5O2/c1-18-14-19(2)16-23(15-18)33-20(3)26(32)27-22-7-5-6-21(17-22)24-8-9-25(29-28-24)31-12-10-30(4)11-13-31/h5-9,14-17,20H,10-13H2,1-4H3,(H,27,32). The van der Waals surface area contributed by atoms with Crippen molar-refractivity contribution in [2.75, 3.05) is 43.4 Å². The molecular formula is C26H31N5O2. The second-order valence-electron chi connectivity index (χ2n) is 8.72. The maximum atomic E-state index is 12.7. The van der Waals surface area contributed by atoms with Crippen LogP contribution in [-0.4, -0.2) is 60.3 Å². The molecule has 0 radical (unpaired) electrons. The number of benzene rings is 2. The number of ether oxygens (including phenoxy) is 1. The third-order valence-electron chi connectivity index (χ3n) is 5.78. The van der Waals surface area contributed by atoms with Crippen molar-refractivity contribution in [1.29, 1.82) is 0 Å². The van der Waals surface area contributed by atoms with Gasteiger partial charge in [0.05, 0.1) is 5.69 Å². The van der Waals surface area contributed by atoms with Gasteiger partial charge in [-0.05, 0) is 75.3 Å². The van der Waals surface area contributed by atoms with E-state index in [0.717, 1.165) is 54.4 Å². The predicted molar refractivity (Wildman–Crippen MR) is 132 cm³/mol. The van der Waals surface area contributed by atoms with Crippen molar-refractivity contribution in [1.82, 2.24) is 15.1 Å². The highest BCUT2D eigenvalue weighted by molar-refractivity contribution is 5.94. The molecule has 2 aromatic carbocycles. The summed E-state index contributed by atoms with van der Waals surface area (Å²) in [5.74, 6) is 1.39. The maximum Gasteiger partial charge on any atom is 0.265 e. The van der Waals surface area contributed by atoms with Gasteiger partial charge >= 0.3 is 0 Å². The molecule has 172 valence electrons. The van der Waals surface area contributed by atoms with Crippen LogP contribution in [0, 0.1) is 13.8 Å². The Balaban J connectivity index is 1.40. The number of aromatic nitrogens is 2. The molecule has 1 fully saturated rings. The van der Waals surface area contributed by atoms with Crippen LogP contribution in [0.2, 0.25) is 0 Å². The smallest absolute Gasteiger partial charge is 0.265 e. The molecular weight excluding hydrogens is 414 g/mol. The minimum absolute atomic E-state index is 0.206. The molecule has 0 saturated carbocycles. The van der Waals surface area contributed by atoms with Crippen molar-refractivity contribution in [3.63, 3.8) is 0 Å². The summed E-state index contributed by atoms with van der Waals surface area (Å²) in [5, 5.41) is 11.8. The first-order chi connectivity index (χ1) is 15.9. The van der Waals surface area contributed by atoms with Crippen LogP contribution >= 0.6 is 0 Å². The quantitative estimate of drug-likeness (QED) is 0.620. The monoisotopic (exact) mass is 445 g/mol. The summed E-state index contributed by atoms with van der Waals surface area (Å²) < 4.78 is 5.86. The molecule has 0 spiro atoms. The Labute approximate surface area is 195 Å². The molecule has 1 atom stereocenters. The van der Waals surface area contributed by atoms with Crippen molar-refractivity contribution in [3.05, 3.63) is 65.7 Å². The zero-order valence-corrected chi connectivity index (χ0v) is 19.7. The van der Waals surface area contributed by atoms with Crippen LogP contribution in [0.15, 0.2) is 54.6 Å². The van der Waals surface area contributed by atoms with Gasteiger partial charge in [-0.3, -0.25) is 4.79 Å². The minimum atomic E-state index is -0.627. The average Bonchev–Trinajstić information content (AvgIpc) is 2.79. The summed E-state index contributed by atoms with van der Waals surface area (Å²) in [6, 6.07) is 17.6. The minimum Gasteiger partial charge on any atom is -0.481 e. The van der Waals surface area contributed by atoms with E-state index in [0.29, 0.717) is 11.4 Å².